The topological polar surface area (TPSA) is 154 Å². The fourth-order valence-electron chi connectivity index (χ4n) is 2.85. The summed E-state index contributed by atoms with van der Waals surface area (Å²) in [4.78, 5) is 17.9. The Morgan fingerprint density at radius 1 is 1.35 bits per heavy atom. The van der Waals surface area contributed by atoms with Crippen molar-refractivity contribution in [1.29, 1.82) is 0 Å². The molecule has 26 heavy (non-hydrogen) atoms. The van der Waals surface area contributed by atoms with Gasteiger partial charge in [0.15, 0.2) is 5.76 Å². The Bertz CT molecular complexity index is 1010. The van der Waals surface area contributed by atoms with Crippen LogP contribution in [0.2, 0.25) is 5.02 Å². The van der Waals surface area contributed by atoms with Crippen LogP contribution in [-0.2, 0) is 13.0 Å². The highest BCUT2D eigenvalue weighted by atomic mass is 35.5. The number of nitrogens with zero attached hydrogens (tertiary/aromatic N) is 4. The number of nitrogen functional groups attached to an aromatic ring is 1. The first-order valence-corrected chi connectivity index (χ1v) is 7.98. The molecule has 1 aromatic carbocycles. The van der Waals surface area contributed by atoms with Gasteiger partial charge in [-0.3, -0.25) is 9.89 Å². The van der Waals surface area contributed by atoms with Gasteiger partial charge in [-0.2, -0.15) is 4.98 Å². The number of nitrogens with two attached hydrogens (primary N) is 1. The number of rotatable bonds is 2. The largest absolute Gasteiger partial charge is 0.507 e. The van der Waals surface area contributed by atoms with Crippen LogP contribution in [0.25, 0.3) is 11.3 Å². The fourth-order valence-corrected chi connectivity index (χ4v) is 3.01. The summed E-state index contributed by atoms with van der Waals surface area (Å²) in [6, 6.07) is 2.50. The van der Waals surface area contributed by atoms with E-state index < -0.39 is 0 Å². The van der Waals surface area contributed by atoms with Gasteiger partial charge >= 0.3 is 0 Å². The van der Waals surface area contributed by atoms with Gasteiger partial charge in [-0.15, -0.1) is 5.10 Å². The van der Waals surface area contributed by atoms with E-state index in [1.54, 1.807) is 4.90 Å². The Hall–Kier alpha value is -3.27. The molecular formula is C15H13ClN6O4. The summed E-state index contributed by atoms with van der Waals surface area (Å²) in [6.07, 6.45) is 0.473. The smallest absolute Gasteiger partial charge is 0.291 e. The van der Waals surface area contributed by atoms with Crippen LogP contribution >= 0.6 is 11.6 Å². The predicted octanol–water partition coefficient (Wildman–Crippen LogP) is 1.30. The number of aromatic nitrogens is 4. The van der Waals surface area contributed by atoms with Gasteiger partial charge in [-0.05, 0) is 6.07 Å². The summed E-state index contributed by atoms with van der Waals surface area (Å²) >= 11 is 5.93. The van der Waals surface area contributed by atoms with Crippen molar-refractivity contribution in [3.63, 3.8) is 0 Å². The van der Waals surface area contributed by atoms with Gasteiger partial charge in [0, 0.05) is 24.6 Å². The van der Waals surface area contributed by atoms with E-state index in [0.29, 0.717) is 24.2 Å². The molecule has 0 radical (unpaired) electrons. The number of halogens is 1. The molecule has 5 N–H and O–H groups in total. The van der Waals surface area contributed by atoms with Crippen molar-refractivity contribution < 1.29 is 19.5 Å². The lowest BCUT2D eigenvalue weighted by Gasteiger charge is -2.25. The molecule has 0 fully saturated rings. The van der Waals surface area contributed by atoms with Crippen molar-refractivity contribution in [1.82, 2.24) is 25.2 Å². The number of benzene rings is 1. The lowest BCUT2D eigenvalue weighted by Crippen LogP contribution is -2.36. The van der Waals surface area contributed by atoms with Crippen molar-refractivity contribution in [2.45, 2.75) is 13.0 Å². The number of nitrogens with one attached hydrogen (secondary N) is 1. The standard InChI is InChI=1S/C15H13ClN6O4/c16-8-3-6(10(23)4-11(8)24)12-7-5-22(2-1-9(7)21-26-12)14(25)13-18-15(17)20-19-13/h3-4,23-24H,1-2,5H2,(H3,17,18,19,20). The van der Waals surface area contributed by atoms with E-state index in [9.17, 15) is 15.0 Å². The van der Waals surface area contributed by atoms with Crippen LogP contribution in [-0.4, -0.2) is 47.9 Å². The predicted molar refractivity (Wildman–Crippen MR) is 89.5 cm³/mol. The van der Waals surface area contributed by atoms with Gasteiger partial charge in [-0.1, -0.05) is 16.8 Å². The molecule has 0 saturated heterocycles. The molecular weight excluding hydrogens is 364 g/mol. The van der Waals surface area contributed by atoms with Crippen LogP contribution < -0.4 is 5.73 Å². The molecule has 3 heterocycles. The van der Waals surface area contributed by atoms with E-state index in [1.807, 2.05) is 0 Å². The first-order chi connectivity index (χ1) is 12.4. The number of carbonyl (C=O) groups is 1. The van der Waals surface area contributed by atoms with Crippen molar-refractivity contribution in [3.05, 3.63) is 34.2 Å². The number of anilines is 1. The second-order valence-corrected chi connectivity index (χ2v) is 6.18. The SMILES string of the molecule is Nc1n[nH]c(C(=O)N2CCc3noc(-c4cc(Cl)c(O)cc4O)c3C2)n1. The summed E-state index contributed by atoms with van der Waals surface area (Å²) in [5.41, 5.74) is 7.05. The first-order valence-electron chi connectivity index (χ1n) is 7.60. The summed E-state index contributed by atoms with van der Waals surface area (Å²) in [5.74, 6) is -0.507. The van der Waals surface area contributed by atoms with Crippen LogP contribution in [0, 0.1) is 0 Å². The summed E-state index contributed by atoms with van der Waals surface area (Å²) in [7, 11) is 0. The number of aromatic amines is 1. The number of hydrogen-bond acceptors (Lipinski definition) is 8. The zero-order chi connectivity index (χ0) is 18.4. The Kier molecular flexibility index (Phi) is 3.69. The van der Waals surface area contributed by atoms with Gasteiger partial charge in [0.25, 0.3) is 5.91 Å². The average Bonchev–Trinajstić information content (AvgIpc) is 3.23. The molecule has 11 heteroatoms. The molecule has 0 spiro atoms. The lowest BCUT2D eigenvalue weighted by molar-refractivity contribution is 0.0722. The molecule has 3 aromatic rings. The van der Waals surface area contributed by atoms with E-state index >= 15 is 0 Å². The average molecular weight is 377 g/mol. The fraction of sp³-hybridized carbons (Fsp3) is 0.200. The maximum absolute atomic E-state index is 12.5. The maximum atomic E-state index is 12.5. The number of carbonyl (C=O) groups excluding carboxylic acids is 1. The highest BCUT2D eigenvalue weighted by Gasteiger charge is 2.30. The number of amides is 1. The molecule has 0 bridgehead atoms. The number of H-pyrrole nitrogens is 1. The lowest BCUT2D eigenvalue weighted by atomic mass is 10.0. The monoisotopic (exact) mass is 376 g/mol. The molecule has 0 aliphatic carbocycles. The highest BCUT2D eigenvalue weighted by molar-refractivity contribution is 6.32. The van der Waals surface area contributed by atoms with Gasteiger partial charge in [0.1, 0.15) is 11.5 Å². The number of phenols is 2. The zero-order valence-electron chi connectivity index (χ0n) is 13.2. The molecule has 10 nitrogen and oxygen atoms in total. The van der Waals surface area contributed by atoms with E-state index in [-0.39, 0.29) is 52.1 Å². The Morgan fingerprint density at radius 2 is 2.15 bits per heavy atom. The van der Waals surface area contributed by atoms with Gasteiger partial charge in [0.05, 0.1) is 22.8 Å². The quantitative estimate of drug-likeness (QED) is 0.521. The third-order valence-corrected chi connectivity index (χ3v) is 4.44. The van der Waals surface area contributed by atoms with E-state index in [1.165, 1.54) is 6.07 Å². The molecule has 134 valence electrons. The van der Waals surface area contributed by atoms with E-state index in [2.05, 4.69) is 20.3 Å². The minimum atomic E-state index is -0.361. The normalized spacial score (nSPS) is 13.7. The van der Waals surface area contributed by atoms with Crippen LogP contribution in [0.4, 0.5) is 5.95 Å². The second-order valence-electron chi connectivity index (χ2n) is 5.78. The van der Waals surface area contributed by atoms with Gasteiger partial charge in [-0.25, -0.2) is 0 Å². The molecule has 1 amide bonds. The molecule has 0 saturated carbocycles. The molecule has 0 atom stereocenters. The Balaban J connectivity index is 1.69. The molecule has 1 aliphatic heterocycles. The third kappa shape index (κ3) is 2.60. The van der Waals surface area contributed by atoms with E-state index in [0.717, 1.165) is 6.07 Å². The number of aromatic hydroxyl groups is 2. The van der Waals surface area contributed by atoms with Crippen LogP contribution in [0.5, 0.6) is 11.5 Å². The number of phenolic OH excluding ortho intramolecular Hbond substituents is 2. The first kappa shape index (κ1) is 16.2. The number of hydrogen-bond donors (Lipinski definition) is 4. The molecule has 4 rings (SSSR count). The van der Waals surface area contributed by atoms with Crippen LogP contribution in [0.15, 0.2) is 16.7 Å². The Labute approximate surface area is 151 Å². The maximum Gasteiger partial charge on any atom is 0.291 e. The zero-order valence-corrected chi connectivity index (χ0v) is 14.0. The van der Waals surface area contributed by atoms with Gasteiger partial charge < -0.3 is 25.4 Å². The minimum Gasteiger partial charge on any atom is -0.507 e. The summed E-state index contributed by atoms with van der Waals surface area (Å²) in [5, 5.41) is 29.9. The van der Waals surface area contributed by atoms with Crippen molar-refractivity contribution >= 4 is 23.5 Å². The second kappa shape index (κ2) is 5.92. The van der Waals surface area contributed by atoms with Crippen molar-refractivity contribution in [3.8, 4) is 22.8 Å². The van der Waals surface area contributed by atoms with Gasteiger partial charge in [0.2, 0.25) is 11.8 Å². The van der Waals surface area contributed by atoms with Crippen molar-refractivity contribution in [2.24, 2.45) is 0 Å². The number of fused-ring (bicyclic) bond motifs is 1. The third-order valence-electron chi connectivity index (χ3n) is 4.14. The van der Waals surface area contributed by atoms with Crippen LogP contribution in [0.1, 0.15) is 21.9 Å². The highest BCUT2D eigenvalue weighted by Crippen LogP contribution is 2.40. The molecule has 1 aliphatic rings. The van der Waals surface area contributed by atoms with E-state index in [4.69, 9.17) is 21.9 Å². The minimum absolute atomic E-state index is 0.0135. The van der Waals surface area contributed by atoms with Crippen LogP contribution in [0.3, 0.4) is 0 Å². The molecule has 0 unspecified atom stereocenters. The summed E-state index contributed by atoms with van der Waals surface area (Å²) in [6.45, 7) is 0.617. The Morgan fingerprint density at radius 3 is 2.88 bits per heavy atom. The summed E-state index contributed by atoms with van der Waals surface area (Å²) < 4.78 is 5.37. The van der Waals surface area contributed by atoms with Crippen molar-refractivity contribution in [2.75, 3.05) is 12.3 Å². The molecule has 2 aromatic heterocycles.